The molecule has 0 radical (unpaired) electrons. The maximum atomic E-state index is 12.9. The smallest absolute Gasteiger partial charge is 0.254 e. The molecule has 5 nitrogen and oxygen atoms in total. The molecule has 2 saturated heterocycles. The van der Waals surface area contributed by atoms with E-state index >= 15 is 0 Å². The van der Waals surface area contributed by atoms with E-state index in [-0.39, 0.29) is 5.91 Å². The van der Waals surface area contributed by atoms with Gasteiger partial charge < -0.3 is 10.2 Å². The molecule has 3 aliphatic rings. The van der Waals surface area contributed by atoms with E-state index in [0.717, 1.165) is 57.7 Å². The first-order chi connectivity index (χ1) is 13.8. The van der Waals surface area contributed by atoms with Crippen LogP contribution in [-0.2, 0) is 13.1 Å². The van der Waals surface area contributed by atoms with Gasteiger partial charge in [0.1, 0.15) is 0 Å². The average Bonchev–Trinajstić information content (AvgIpc) is 3.37. The zero-order chi connectivity index (χ0) is 18.9. The fourth-order valence-electron chi connectivity index (χ4n) is 4.98. The Morgan fingerprint density at radius 3 is 2.82 bits per heavy atom. The molecule has 3 aliphatic heterocycles. The number of nitrogens with one attached hydrogen (secondary N) is 1. The van der Waals surface area contributed by atoms with Crippen molar-refractivity contribution in [2.24, 2.45) is 0 Å². The molecule has 0 saturated carbocycles. The number of aromatic nitrogens is 1. The molecule has 148 valence electrons. The fourth-order valence-corrected chi connectivity index (χ4v) is 5.60. The van der Waals surface area contributed by atoms with Gasteiger partial charge in [-0.2, -0.15) is 0 Å². The van der Waals surface area contributed by atoms with Crippen LogP contribution in [0.4, 0.5) is 0 Å². The third-order valence-electron chi connectivity index (χ3n) is 6.60. The molecule has 0 aliphatic carbocycles. The summed E-state index contributed by atoms with van der Waals surface area (Å²) in [6, 6.07) is 9.11. The molecule has 0 spiro atoms. The highest BCUT2D eigenvalue weighted by Crippen LogP contribution is 2.33. The van der Waals surface area contributed by atoms with Crippen LogP contribution in [-0.4, -0.2) is 52.3 Å². The Bertz CT molecular complexity index is 823. The van der Waals surface area contributed by atoms with E-state index < -0.39 is 0 Å². The molecule has 6 heteroatoms. The van der Waals surface area contributed by atoms with Gasteiger partial charge in [0.15, 0.2) is 0 Å². The summed E-state index contributed by atoms with van der Waals surface area (Å²) in [6.45, 7) is 6.11. The van der Waals surface area contributed by atoms with Crippen LogP contribution in [0.1, 0.15) is 58.0 Å². The normalized spacial score (nSPS) is 23.9. The fraction of sp³-hybridized carbons (Fsp3) is 0.545. The zero-order valence-electron chi connectivity index (χ0n) is 16.3. The molecule has 1 unspecified atom stereocenters. The van der Waals surface area contributed by atoms with E-state index in [1.165, 1.54) is 28.8 Å². The summed E-state index contributed by atoms with van der Waals surface area (Å²) in [5.41, 5.74) is 3.59. The Morgan fingerprint density at radius 2 is 2.07 bits per heavy atom. The number of carbonyl (C=O) groups is 1. The second kappa shape index (κ2) is 7.93. The molecule has 1 aromatic carbocycles. The molecule has 1 aromatic heterocycles. The van der Waals surface area contributed by atoms with E-state index in [4.69, 9.17) is 0 Å². The highest BCUT2D eigenvalue weighted by molar-refractivity contribution is 7.05. The summed E-state index contributed by atoms with van der Waals surface area (Å²) in [5.74, 6) is 0.845. The molecule has 2 fully saturated rings. The molecular weight excluding hydrogens is 368 g/mol. The monoisotopic (exact) mass is 396 g/mol. The van der Waals surface area contributed by atoms with Crippen LogP contribution >= 0.6 is 11.5 Å². The number of piperidine rings is 2. The molecule has 1 atom stereocenters. The lowest BCUT2D eigenvalue weighted by Crippen LogP contribution is -2.46. The summed E-state index contributed by atoms with van der Waals surface area (Å²) < 4.78 is 4.21. The molecule has 0 bridgehead atoms. The number of carbonyl (C=O) groups excluding carboxylic acids is 1. The lowest BCUT2D eigenvalue weighted by Gasteiger charge is -2.32. The van der Waals surface area contributed by atoms with Gasteiger partial charge in [-0.15, -0.1) is 0 Å². The number of amides is 1. The summed E-state index contributed by atoms with van der Waals surface area (Å²) in [6.07, 6.45) is 6.57. The van der Waals surface area contributed by atoms with Crippen molar-refractivity contribution in [3.05, 3.63) is 52.0 Å². The van der Waals surface area contributed by atoms with Crippen LogP contribution in [0, 0.1) is 0 Å². The topological polar surface area (TPSA) is 48.5 Å². The molecule has 1 N–H and O–H groups in total. The Balaban J connectivity index is 1.23. The predicted molar refractivity (Wildman–Crippen MR) is 112 cm³/mol. The number of rotatable bonds is 4. The Morgan fingerprint density at radius 1 is 1.18 bits per heavy atom. The first kappa shape index (κ1) is 18.3. The number of fused-ring (bicyclic) bond motifs is 1. The van der Waals surface area contributed by atoms with Crippen molar-refractivity contribution in [3.63, 3.8) is 0 Å². The summed E-state index contributed by atoms with van der Waals surface area (Å²) in [7, 11) is 0. The third kappa shape index (κ3) is 3.61. The molecule has 2 aromatic rings. The van der Waals surface area contributed by atoms with Crippen molar-refractivity contribution in [2.75, 3.05) is 26.2 Å². The van der Waals surface area contributed by atoms with Gasteiger partial charge in [-0.3, -0.25) is 9.69 Å². The van der Waals surface area contributed by atoms with Crippen LogP contribution in [0.15, 0.2) is 30.5 Å². The molecule has 4 heterocycles. The van der Waals surface area contributed by atoms with Crippen LogP contribution in [0.3, 0.4) is 0 Å². The Kier molecular flexibility index (Phi) is 5.18. The van der Waals surface area contributed by atoms with Gasteiger partial charge >= 0.3 is 0 Å². The number of nitrogens with zero attached hydrogens (tertiary/aromatic N) is 3. The average molecular weight is 397 g/mol. The Hall–Kier alpha value is -1.76. The van der Waals surface area contributed by atoms with Gasteiger partial charge in [0.2, 0.25) is 0 Å². The van der Waals surface area contributed by atoms with E-state index in [9.17, 15) is 4.79 Å². The van der Waals surface area contributed by atoms with E-state index in [1.807, 2.05) is 6.20 Å². The summed E-state index contributed by atoms with van der Waals surface area (Å²) >= 11 is 1.61. The second-order valence-corrected chi connectivity index (χ2v) is 9.30. The number of hydrogen-bond donors (Lipinski definition) is 1. The van der Waals surface area contributed by atoms with Crippen LogP contribution in [0.5, 0.6) is 0 Å². The first-order valence-corrected chi connectivity index (χ1v) is 11.3. The van der Waals surface area contributed by atoms with Gasteiger partial charge in [-0.1, -0.05) is 12.1 Å². The van der Waals surface area contributed by atoms with Crippen molar-refractivity contribution in [1.82, 2.24) is 19.5 Å². The van der Waals surface area contributed by atoms with Crippen LogP contribution in [0.25, 0.3) is 0 Å². The van der Waals surface area contributed by atoms with Gasteiger partial charge in [0.25, 0.3) is 5.91 Å². The minimum absolute atomic E-state index is 0.231. The minimum atomic E-state index is 0.231. The summed E-state index contributed by atoms with van der Waals surface area (Å²) in [4.78, 5) is 18.9. The number of benzene rings is 1. The lowest BCUT2D eigenvalue weighted by atomic mass is 9.88. The molecule has 28 heavy (non-hydrogen) atoms. The third-order valence-corrected chi connectivity index (χ3v) is 7.33. The maximum absolute atomic E-state index is 12.9. The highest BCUT2D eigenvalue weighted by atomic mass is 32.1. The molecular formula is C22H28N4OS. The highest BCUT2D eigenvalue weighted by Gasteiger charge is 2.34. The number of likely N-dealkylation sites (tertiary alicyclic amines) is 1. The van der Waals surface area contributed by atoms with Crippen molar-refractivity contribution >= 4 is 17.4 Å². The van der Waals surface area contributed by atoms with Gasteiger partial charge in [0, 0.05) is 42.3 Å². The van der Waals surface area contributed by atoms with Gasteiger partial charge in [0.05, 0.1) is 0 Å². The summed E-state index contributed by atoms with van der Waals surface area (Å²) in [5, 5.41) is 3.44. The van der Waals surface area contributed by atoms with Crippen LogP contribution in [0.2, 0.25) is 0 Å². The van der Waals surface area contributed by atoms with Crippen LogP contribution < -0.4 is 5.32 Å². The van der Waals surface area contributed by atoms with E-state index in [2.05, 4.69) is 43.8 Å². The quantitative estimate of drug-likeness (QED) is 0.862. The minimum Gasteiger partial charge on any atom is -0.330 e. The van der Waals surface area contributed by atoms with E-state index in [0.29, 0.717) is 12.0 Å². The zero-order valence-corrected chi connectivity index (χ0v) is 17.1. The van der Waals surface area contributed by atoms with Gasteiger partial charge in [-0.25, -0.2) is 4.37 Å². The largest absolute Gasteiger partial charge is 0.330 e. The molecule has 5 rings (SSSR count). The van der Waals surface area contributed by atoms with Crippen molar-refractivity contribution in [1.29, 1.82) is 0 Å². The van der Waals surface area contributed by atoms with Crippen molar-refractivity contribution in [3.8, 4) is 0 Å². The SMILES string of the molecule is O=C1c2ccc(C3CCN(Cc4ccns4)CC3)cc2CN1C1CCCNC1. The van der Waals surface area contributed by atoms with Crippen molar-refractivity contribution in [2.45, 2.75) is 50.7 Å². The van der Waals surface area contributed by atoms with E-state index in [1.54, 1.807) is 11.5 Å². The Labute approximate surface area is 170 Å². The van der Waals surface area contributed by atoms with Gasteiger partial charge in [-0.05, 0) is 86.0 Å². The second-order valence-electron chi connectivity index (χ2n) is 8.38. The number of hydrogen-bond acceptors (Lipinski definition) is 5. The standard InChI is InChI=1S/C22H28N4OS/c27-22-21-4-3-17(12-18(21)14-26(22)19-2-1-8-23-13-19)16-6-10-25(11-7-16)15-20-5-9-24-28-20/h3-5,9,12,16,19,23H,1-2,6-8,10-11,13-15H2. The first-order valence-electron chi connectivity index (χ1n) is 10.5. The predicted octanol–water partition coefficient (Wildman–Crippen LogP) is 3.23. The molecule has 1 amide bonds. The maximum Gasteiger partial charge on any atom is 0.254 e. The lowest BCUT2D eigenvalue weighted by molar-refractivity contribution is 0.0674. The van der Waals surface area contributed by atoms with Crippen molar-refractivity contribution < 1.29 is 4.79 Å².